The molecule has 1 unspecified atom stereocenters. The van der Waals surface area contributed by atoms with E-state index in [0.29, 0.717) is 18.8 Å². The lowest BCUT2D eigenvalue weighted by Crippen LogP contribution is -2.38. The van der Waals surface area contributed by atoms with Gasteiger partial charge in [-0.15, -0.1) is 12.4 Å². The van der Waals surface area contributed by atoms with Gasteiger partial charge in [-0.25, -0.2) is 8.42 Å². The van der Waals surface area contributed by atoms with Crippen molar-refractivity contribution in [2.75, 3.05) is 40.3 Å². The summed E-state index contributed by atoms with van der Waals surface area (Å²) >= 11 is 0. The number of likely N-dealkylation sites (N-methyl/N-ethyl adjacent to an activating group) is 1. The van der Waals surface area contributed by atoms with Crippen LogP contribution in [0.2, 0.25) is 0 Å². The summed E-state index contributed by atoms with van der Waals surface area (Å²) in [6, 6.07) is 4.55. The van der Waals surface area contributed by atoms with Gasteiger partial charge in [-0.05, 0) is 31.2 Å². The highest BCUT2D eigenvalue weighted by Crippen LogP contribution is 2.26. The van der Waals surface area contributed by atoms with E-state index in [0.717, 1.165) is 19.5 Å². The number of hydrogen-bond donors (Lipinski definition) is 1. The van der Waals surface area contributed by atoms with Crippen LogP contribution in [0.4, 0.5) is 0 Å². The second-order valence-corrected chi connectivity index (χ2v) is 7.95. The van der Waals surface area contributed by atoms with Crippen LogP contribution in [0, 0.1) is 0 Å². The summed E-state index contributed by atoms with van der Waals surface area (Å²) in [6.45, 7) is 5.94. The molecule has 148 valence electrons. The number of amides is 1. The predicted octanol–water partition coefficient (Wildman–Crippen LogP) is 1.58. The minimum absolute atomic E-state index is 0. The fourth-order valence-electron chi connectivity index (χ4n) is 3.05. The maximum Gasteiger partial charge on any atom is 0.257 e. The Kier molecular flexibility index (Phi) is 8.33. The van der Waals surface area contributed by atoms with Gasteiger partial charge in [-0.2, -0.15) is 4.31 Å². The number of carbonyl (C=O) groups excluding carboxylic acids is 1. The minimum Gasteiger partial charge on any atom is -0.496 e. The number of hydrogen-bond acceptors (Lipinski definition) is 5. The third-order valence-electron chi connectivity index (χ3n) is 4.65. The molecule has 0 saturated carbocycles. The Morgan fingerprint density at radius 1 is 1.31 bits per heavy atom. The van der Waals surface area contributed by atoms with Gasteiger partial charge < -0.3 is 15.0 Å². The Labute approximate surface area is 162 Å². The summed E-state index contributed by atoms with van der Waals surface area (Å²) in [6.07, 6.45) is 0.877. The molecular weight excluding hydrogens is 378 g/mol. The second kappa shape index (κ2) is 9.55. The zero-order valence-electron chi connectivity index (χ0n) is 15.7. The number of carbonyl (C=O) groups is 1. The Morgan fingerprint density at radius 2 is 1.96 bits per heavy atom. The molecular formula is C17H28ClN3O4S. The quantitative estimate of drug-likeness (QED) is 0.745. The van der Waals surface area contributed by atoms with Gasteiger partial charge in [0, 0.05) is 32.7 Å². The van der Waals surface area contributed by atoms with Crippen LogP contribution in [-0.2, 0) is 10.0 Å². The monoisotopic (exact) mass is 405 g/mol. The summed E-state index contributed by atoms with van der Waals surface area (Å²) in [5.74, 6) is 0.142. The van der Waals surface area contributed by atoms with Crippen molar-refractivity contribution >= 4 is 28.3 Å². The van der Waals surface area contributed by atoms with Crippen molar-refractivity contribution in [2.24, 2.45) is 0 Å². The maximum atomic E-state index is 12.9. The number of halogens is 1. The Bertz CT molecular complexity index is 717. The second-order valence-electron chi connectivity index (χ2n) is 6.01. The van der Waals surface area contributed by atoms with E-state index in [4.69, 9.17) is 4.74 Å². The van der Waals surface area contributed by atoms with Crippen molar-refractivity contribution in [1.82, 2.24) is 14.5 Å². The van der Waals surface area contributed by atoms with Crippen molar-refractivity contribution in [1.29, 1.82) is 0 Å². The first-order valence-electron chi connectivity index (χ1n) is 8.52. The molecule has 0 aromatic heterocycles. The van der Waals surface area contributed by atoms with Crippen molar-refractivity contribution in [3.8, 4) is 5.75 Å². The maximum absolute atomic E-state index is 12.9. The average Bonchev–Trinajstić information content (AvgIpc) is 3.15. The number of rotatable bonds is 7. The minimum atomic E-state index is -3.63. The molecule has 0 bridgehead atoms. The molecule has 1 fully saturated rings. The summed E-state index contributed by atoms with van der Waals surface area (Å²) in [5.41, 5.74) is 0.269. The van der Waals surface area contributed by atoms with E-state index in [2.05, 4.69) is 5.32 Å². The normalized spacial score (nSPS) is 17.0. The number of methoxy groups -OCH3 is 1. The number of ether oxygens (including phenoxy) is 1. The van der Waals surface area contributed by atoms with E-state index in [1.54, 1.807) is 31.9 Å². The Morgan fingerprint density at radius 3 is 2.46 bits per heavy atom. The molecule has 9 heteroatoms. The summed E-state index contributed by atoms with van der Waals surface area (Å²) < 4.78 is 32.1. The van der Waals surface area contributed by atoms with E-state index in [1.165, 1.54) is 23.5 Å². The van der Waals surface area contributed by atoms with Crippen molar-refractivity contribution in [3.05, 3.63) is 23.8 Å². The molecule has 1 aromatic rings. The lowest BCUT2D eigenvalue weighted by molar-refractivity contribution is 0.0740. The third-order valence-corrected chi connectivity index (χ3v) is 6.69. The highest BCUT2D eigenvalue weighted by molar-refractivity contribution is 7.89. The molecule has 0 radical (unpaired) electrons. The van der Waals surface area contributed by atoms with Gasteiger partial charge in [0.2, 0.25) is 10.0 Å². The average molecular weight is 406 g/mol. The van der Waals surface area contributed by atoms with Gasteiger partial charge in [0.15, 0.2) is 0 Å². The van der Waals surface area contributed by atoms with Crippen LogP contribution in [0.1, 0.15) is 30.6 Å². The first-order valence-corrected chi connectivity index (χ1v) is 9.96. The third kappa shape index (κ3) is 4.49. The van der Waals surface area contributed by atoms with Crippen LogP contribution in [-0.4, -0.2) is 69.9 Å². The van der Waals surface area contributed by atoms with E-state index >= 15 is 0 Å². The predicted molar refractivity (Wildman–Crippen MR) is 104 cm³/mol. The molecule has 0 spiro atoms. The molecule has 1 aliphatic rings. The van der Waals surface area contributed by atoms with E-state index in [9.17, 15) is 13.2 Å². The molecule has 7 nitrogen and oxygen atoms in total. The van der Waals surface area contributed by atoms with Crippen molar-refractivity contribution in [2.45, 2.75) is 31.2 Å². The zero-order chi connectivity index (χ0) is 18.6. The molecule has 26 heavy (non-hydrogen) atoms. The van der Waals surface area contributed by atoms with E-state index in [-0.39, 0.29) is 34.8 Å². The van der Waals surface area contributed by atoms with Crippen molar-refractivity contribution < 1.29 is 17.9 Å². The van der Waals surface area contributed by atoms with Crippen LogP contribution in [0.3, 0.4) is 0 Å². The first-order chi connectivity index (χ1) is 11.9. The molecule has 0 aliphatic carbocycles. The molecule has 1 atom stereocenters. The van der Waals surface area contributed by atoms with Gasteiger partial charge in [-0.1, -0.05) is 13.8 Å². The fraction of sp³-hybridized carbons (Fsp3) is 0.588. The molecule has 1 N–H and O–H groups in total. The highest BCUT2D eigenvalue weighted by Gasteiger charge is 2.28. The number of sulfonamides is 1. The van der Waals surface area contributed by atoms with Gasteiger partial charge >= 0.3 is 0 Å². The molecule has 1 aliphatic heterocycles. The molecule has 1 aromatic carbocycles. The summed E-state index contributed by atoms with van der Waals surface area (Å²) in [7, 11) is -0.417. The lowest BCUT2D eigenvalue weighted by Gasteiger charge is -2.25. The van der Waals surface area contributed by atoms with Crippen molar-refractivity contribution in [3.63, 3.8) is 0 Å². The van der Waals surface area contributed by atoms with Gasteiger partial charge in [0.1, 0.15) is 5.75 Å². The van der Waals surface area contributed by atoms with E-state index < -0.39 is 10.0 Å². The van der Waals surface area contributed by atoms with Gasteiger partial charge in [0.05, 0.1) is 17.6 Å². The zero-order valence-corrected chi connectivity index (χ0v) is 17.3. The molecule has 1 heterocycles. The smallest absolute Gasteiger partial charge is 0.257 e. The molecule has 1 saturated heterocycles. The van der Waals surface area contributed by atoms with Crippen LogP contribution in [0.5, 0.6) is 5.75 Å². The molecule has 1 amide bonds. The summed E-state index contributed by atoms with van der Waals surface area (Å²) in [5, 5.41) is 3.23. The number of nitrogens with zero attached hydrogens (tertiary/aromatic N) is 2. The standard InChI is InChI=1S/C17H27N3O4S.ClH/c1-5-20(6-2)25(22,23)14-7-8-16(24-4)15(11-14)17(21)19(3)13-9-10-18-12-13;/h7-8,11,13,18H,5-6,9-10,12H2,1-4H3;1H. The highest BCUT2D eigenvalue weighted by atomic mass is 35.5. The van der Waals surface area contributed by atoms with Gasteiger partial charge in [-0.3, -0.25) is 4.79 Å². The largest absolute Gasteiger partial charge is 0.496 e. The Balaban J connectivity index is 0.00000338. The lowest BCUT2D eigenvalue weighted by atomic mass is 10.1. The first kappa shape index (κ1) is 22.7. The SMILES string of the molecule is CCN(CC)S(=O)(=O)c1ccc(OC)c(C(=O)N(C)C2CCNC2)c1.Cl. The van der Waals surface area contributed by atoms with Crippen LogP contribution in [0.15, 0.2) is 23.1 Å². The van der Waals surface area contributed by atoms with Crippen LogP contribution in [0.25, 0.3) is 0 Å². The fourth-order valence-corrected chi connectivity index (χ4v) is 4.54. The van der Waals surface area contributed by atoms with Crippen LogP contribution < -0.4 is 10.1 Å². The Hall–Kier alpha value is -1.35. The number of benzene rings is 1. The van der Waals surface area contributed by atoms with E-state index in [1.807, 2.05) is 0 Å². The topological polar surface area (TPSA) is 79.0 Å². The van der Waals surface area contributed by atoms with Crippen LogP contribution >= 0.6 is 12.4 Å². The van der Waals surface area contributed by atoms with Gasteiger partial charge in [0.25, 0.3) is 5.91 Å². The summed E-state index contributed by atoms with van der Waals surface area (Å²) in [4.78, 5) is 14.7. The molecule has 2 rings (SSSR count). The number of nitrogens with one attached hydrogen (secondary N) is 1.